The van der Waals surface area contributed by atoms with Gasteiger partial charge in [0.1, 0.15) is 5.69 Å². The summed E-state index contributed by atoms with van der Waals surface area (Å²) in [6.07, 6.45) is 3.44. The van der Waals surface area contributed by atoms with E-state index in [-0.39, 0.29) is 29.3 Å². The van der Waals surface area contributed by atoms with Gasteiger partial charge in [0.05, 0.1) is 12.1 Å². The van der Waals surface area contributed by atoms with E-state index in [1.54, 1.807) is 0 Å². The number of rotatable bonds is 3. The first-order valence-corrected chi connectivity index (χ1v) is 8.45. The van der Waals surface area contributed by atoms with Gasteiger partial charge >= 0.3 is 0 Å². The Balaban J connectivity index is 1.81. The van der Waals surface area contributed by atoms with E-state index in [9.17, 15) is 9.59 Å². The molecule has 5 heteroatoms. The first-order chi connectivity index (χ1) is 10.8. The quantitative estimate of drug-likeness (QED) is 0.900. The number of hydrogen-bond acceptors (Lipinski definition) is 3. The maximum Gasteiger partial charge on any atom is 0.268 e. The molecule has 1 aliphatic carbocycles. The first kappa shape index (κ1) is 16.2. The smallest absolute Gasteiger partial charge is 0.268 e. The number of hydrogen-bond donors (Lipinski definition) is 2. The zero-order valence-corrected chi connectivity index (χ0v) is 14.4. The van der Waals surface area contributed by atoms with E-state index in [0.29, 0.717) is 12.1 Å². The lowest BCUT2D eigenvalue weighted by molar-refractivity contribution is 0.0709. The van der Waals surface area contributed by atoms with Crippen LogP contribution in [0.2, 0.25) is 0 Å². The van der Waals surface area contributed by atoms with Crippen molar-refractivity contribution in [3.8, 4) is 0 Å². The van der Waals surface area contributed by atoms with Crippen LogP contribution in [0.5, 0.6) is 0 Å². The zero-order valence-electron chi connectivity index (χ0n) is 14.4. The Morgan fingerprint density at radius 3 is 2.78 bits per heavy atom. The molecule has 2 aliphatic rings. The number of aromatic amines is 1. The summed E-state index contributed by atoms with van der Waals surface area (Å²) in [6.45, 7) is 8.77. The molecule has 1 aliphatic heterocycles. The molecule has 1 aromatic heterocycles. The molecule has 1 saturated heterocycles. The molecule has 0 saturated carbocycles. The van der Waals surface area contributed by atoms with Crippen molar-refractivity contribution >= 4 is 11.7 Å². The van der Waals surface area contributed by atoms with Gasteiger partial charge in [-0.15, -0.1) is 0 Å². The van der Waals surface area contributed by atoms with Crippen molar-refractivity contribution in [1.82, 2.24) is 10.3 Å². The summed E-state index contributed by atoms with van der Waals surface area (Å²) in [4.78, 5) is 28.2. The number of carbonyl (C=O) groups is 2. The van der Waals surface area contributed by atoms with Crippen LogP contribution in [0.4, 0.5) is 0 Å². The average molecular weight is 318 g/mol. The topological polar surface area (TPSA) is 71.2 Å². The van der Waals surface area contributed by atoms with Gasteiger partial charge in [-0.2, -0.15) is 0 Å². The maximum atomic E-state index is 12.6. The molecular formula is C18H26N2O3. The van der Waals surface area contributed by atoms with E-state index >= 15 is 0 Å². The summed E-state index contributed by atoms with van der Waals surface area (Å²) in [6, 6.07) is -0.0307. The number of nitrogens with one attached hydrogen (secondary N) is 2. The number of carbonyl (C=O) groups excluding carboxylic acids is 2. The molecular weight excluding hydrogens is 292 g/mol. The molecule has 0 unspecified atom stereocenters. The van der Waals surface area contributed by atoms with Crippen molar-refractivity contribution in [3.05, 3.63) is 22.5 Å². The Bertz CT molecular complexity index is 639. The SMILES string of the molecule is Cc1c(C(=O)N[C@H](C)[C@H]2CCCO2)[nH]c2c1C(=O)CC(C)(C)C2. The molecule has 23 heavy (non-hydrogen) atoms. The van der Waals surface area contributed by atoms with E-state index in [2.05, 4.69) is 24.1 Å². The van der Waals surface area contributed by atoms with Gasteiger partial charge in [-0.05, 0) is 44.1 Å². The highest BCUT2D eigenvalue weighted by Gasteiger charge is 2.35. The lowest BCUT2D eigenvalue weighted by Gasteiger charge is -2.28. The lowest BCUT2D eigenvalue weighted by Crippen LogP contribution is -2.41. The summed E-state index contributed by atoms with van der Waals surface area (Å²) >= 11 is 0. The highest BCUT2D eigenvalue weighted by molar-refractivity contribution is 6.04. The third-order valence-electron chi connectivity index (χ3n) is 5.01. The highest BCUT2D eigenvalue weighted by atomic mass is 16.5. The Labute approximate surface area is 137 Å². The van der Waals surface area contributed by atoms with Gasteiger partial charge in [-0.1, -0.05) is 13.8 Å². The van der Waals surface area contributed by atoms with Crippen LogP contribution in [-0.4, -0.2) is 35.4 Å². The van der Waals surface area contributed by atoms with Crippen LogP contribution < -0.4 is 5.32 Å². The van der Waals surface area contributed by atoms with E-state index in [0.717, 1.165) is 42.7 Å². The molecule has 2 N–H and O–H groups in total. The second kappa shape index (κ2) is 5.78. The van der Waals surface area contributed by atoms with E-state index < -0.39 is 0 Å². The number of amides is 1. The minimum Gasteiger partial charge on any atom is -0.376 e. The van der Waals surface area contributed by atoms with Gasteiger partial charge in [0.2, 0.25) is 0 Å². The predicted molar refractivity (Wildman–Crippen MR) is 87.9 cm³/mol. The summed E-state index contributed by atoms with van der Waals surface area (Å²) in [7, 11) is 0. The third-order valence-corrected chi connectivity index (χ3v) is 5.01. The highest BCUT2D eigenvalue weighted by Crippen LogP contribution is 2.36. The maximum absolute atomic E-state index is 12.6. The van der Waals surface area contributed by atoms with Gasteiger partial charge in [0.25, 0.3) is 5.91 Å². The van der Waals surface area contributed by atoms with Gasteiger partial charge < -0.3 is 15.0 Å². The normalized spacial score (nSPS) is 24.3. The van der Waals surface area contributed by atoms with Crippen LogP contribution in [0.1, 0.15) is 72.1 Å². The van der Waals surface area contributed by atoms with Gasteiger partial charge in [0, 0.05) is 24.3 Å². The van der Waals surface area contributed by atoms with Gasteiger partial charge in [-0.3, -0.25) is 9.59 Å². The van der Waals surface area contributed by atoms with E-state index in [1.165, 1.54) is 0 Å². The fraction of sp³-hybridized carbons (Fsp3) is 0.667. The Hall–Kier alpha value is -1.62. The molecule has 126 valence electrons. The van der Waals surface area contributed by atoms with Gasteiger partial charge in [-0.25, -0.2) is 0 Å². The Kier molecular flexibility index (Phi) is 4.08. The Morgan fingerprint density at radius 1 is 1.39 bits per heavy atom. The number of Topliss-reactive ketones (excluding diaryl/α,β-unsaturated/α-hetero) is 1. The van der Waals surface area contributed by atoms with Crippen molar-refractivity contribution in [2.45, 2.75) is 65.5 Å². The zero-order chi connectivity index (χ0) is 16.8. The van der Waals surface area contributed by atoms with Crippen LogP contribution in [0.25, 0.3) is 0 Å². The molecule has 5 nitrogen and oxygen atoms in total. The van der Waals surface area contributed by atoms with Crippen molar-refractivity contribution < 1.29 is 14.3 Å². The first-order valence-electron chi connectivity index (χ1n) is 8.45. The van der Waals surface area contributed by atoms with Crippen molar-refractivity contribution in [3.63, 3.8) is 0 Å². The largest absolute Gasteiger partial charge is 0.376 e. The molecule has 0 bridgehead atoms. The molecule has 0 radical (unpaired) electrons. The monoisotopic (exact) mass is 318 g/mol. The molecule has 0 aromatic carbocycles. The third kappa shape index (κ3) is 3.07. The fourth-order valence-electron chi connectivity index (χ4n) is 3.83. The average Bonchev–Trinajstić information content (AvgIpc) is 3.05. The summed E-state index contributed by atoms with van der Waals surface area (Å²) in [5.74, 6) is -0.0123. The lowest BCUT2D eigenvalue weighted by atomic mass is 9.75. The van der Waals surface area contributed by atoms with E-state index in [1.807, 2.05) is 13.8 Å². The summed E-state index contributed by atoms with van der Waals surface area (Å²) < 4.78 is 5.63. The van der Waals surface area contributed by atoms with Crippen molar-refractivity contribution in [2.75, 3.05) is 6.61 Å². The number of aromatic nitrogens is 1. The molecule has 1 fully saturated rings. The summed E-state index contributed by atoms with van der Waals surface area (Å²) in [5.41, 5.74) is 2.86. The Morgan fingerprint density at radius 2 is 2.13 bits per heavy atom. The number of fused-ring (bicyclic) bond motifs is 1. The fourth-order valence-corrected chi connectivity index (χ4v) is 3.83. The van der Waals surface area contributed by atoms with E-state index in [4.69, 9.17) is 4.74 Å². The molecule has 0 spiro atoms. The second-order valence-electron chi connectivity index (χ2n) is 7.73. The van der Waals surface area contributed by atoms with Crippen LogP contribution >= 0.6 is 0 Å². The van der Waals surface area contributed by atoms with Crippen LogP contribution in [0.15, 0.2) is 0 Å². The van der Waals surface area contributed by atoms with Crippen LogP contribution in [0.3, 0.4) is 0 Å². The molecule has 2 atom stereocenters. The summed E-state index contributed by atoms with van der Waals surface area (Å²) in [5, 5.41) is 3.02. The van der Waals surface area contributed by atoms with Crippen LogP contribution in [0, 0.1) is 12.3 Å². The minimum atomic E-state index is -0.148. The molecule has 1 amide bonds. The predicted octanol–water partition coefficient (Wildman–Crippen LogP) is 2.78. The van der Waals surface area contributed by atoms with Gasteiger partial charge in [0.15, 0.2) is 5.78 Å². The number of ketones is 1. The minimum absolute atomic E-state index is 0.0307. The van der Waals surface area contributed by atoms with Crippen molar-refractivity contribution in [2.24, 2.45) is 5.41 Å². The second-order valence-corrected chi connectivity index (χ2v) is 7.73. The number of ether oxygens (including phenoxy) is 1. The molecule has 2 heterocycles. The standard InChI is InChI=1S/C18H26N2O3/c1-10-15-12(8-18(3,4)9-13(15)21)20-16(10)17(22)19-11(2)14-6-5-7-23-14/h11,14,20H,5-9H2,1-4H3,(H,19,22)/t11-,14-/m1/s1. The molecule has 1 aromatic rings. The van der Waals surface area contributed by atoms with Crippen LogP contribution in [-0.2, 0) is 11.2 Å². The molecule has 3 rings (SSSR count). The van der Waals surface area contributed by atoms with Crippen molar-refractivity contribution in [1.29, 1.82) is 0 Å². The number of H-pyrrole nitrogens is 1.